The van der Waals surface area contributed by atoms with Crippen LogP contribution in [0.5, 0.6) is 0 Å². The molecule has 0 aliphatic carbocycles. The fourth-order valence-corrected chi connectivity index (χ4v) is 2.45. The van der Waals surface area contributed by atoms with Crippen molar-refractivity contribution >= 4 is 48.6 Å². The van der Waals surface area contributed by atoms with E-state index in [1.165, 1.54) is 0 Å². The Balaban J connectivity index is 2.23. The molecule has 6 heteroatoms. The van der Waals surface area contributed by atoms with Gasteiger partial charge in [0.25, 0.3) is 0 Å². The number of fused-ring (bicyclic) bond motifs is 1. The predicted molar refractivity (Wildman–Crippen MR) is 73.6 cm³/mol. The number of rotatable bonds is 1. The Hall–Kier alpha value is -1.27. The van der Waals surface area contributed by atoms with Gasteiger partial charge in [-0.25, -0.2) is 4.98 Å². The van der Waals surface area contributed by atoms with Crippen LogP contribution in [0.15, 0.2) is 37.8 Å². The van der Waals surface area contributed by atoms with E-state index in [4.69, 9.17) is 10.2 Å². The maximum Gasteiger partial charge on any atom is 0.174 e. The summed E-state index contributed by atoms with van der Waals surface area (Å²) in [7, 11) is 0. The van der Waals surface area contributed by atoms with Crippen LogP contribution >= 0.6 is 31.9 Å². The van der Waals surface area contributed by atoms with E-state index < -0.39 is 0 Å². The zero-order valence-corrected chi connectivity index (χ0v) is 11.7. The molecule has 0 fully saturated rings. The van der Waals surface area contributed by atoms with Crippen molar-refractivity contribution in [3.05, 3.63) is 33.4 Å². The molecule has 3 rings (SSSR count). The Morgan fingerprint density at radius 1 is 1.24 bits per heavy atom. The van der Waals surface area contributed by atoms with Crippen LogP contribution in [0, 0.1) is 0 Å². The van der Waals surface area contributed by atoms with Gasteiger partial charge in [0.05, 0.1) is 11.2 Å². The third-order valence-electron chi connectivity index (χ3n) is 2.39. The summed E-state index contributed by atoms with van der Waals surface area (Å²) < 4.78 is 7.02. The summed E-state index contributed by atoms with van der Waals surface area (Å²) in [6.07, 6.45) is 0. The molecule has 2 aromatic heterocycles. The summed E-state index contributed by atoms with van der Waals surface area (Å²) in [5, 5.41) is 0. The van der Waals surface area contributed by atoms with Gasteiger partial charge in [-0.1, -0.05) is 15.9 Å². The van der Waals surface area contributed by atoms with E-state index in [2.05, 4.69) is 41.8 Å². The summed E-state index contributed by atoms with van der Waals surface area (Å²) in [5.74, 6) is 1.33. The number of aromatic amines is 1. The number of nitrogens with one attached hydrogen (secondary N) is 1. The van der Waals surface area contributed by atoms with Crippen molar-refractivity contribution in [2.75, 3.05) is 5.73 Å². The molecule has 0 saturated heterocycles. The van der Waals surface area contributed by atoms with Crippen LogP contribution < -0.4 is 5.73 Å². The largest absolute Gasteiger partial charge is 0.446 e. The number of halogens is 2. The molecule has 17 heavy (non-hydrogen) atoms. The standard InChI is InChI=1S/C11H7Br2N3O/c12-5-3-6(14)10-7(4-5)15-11(16-10)8-1-2-9(13)17-8/h1-4H,14H2,(H,15,16). The number of nitrogen functional groups attached to an aromatic ring is 1. The van der Waals surface area contributed by atoms with Gasteiger partial charge in [-0.3, -0.25) is 0 Å². The molecule has 2 heterocycles. The Labute approximate surface area is 113 Å². The van der Waals surface area contributed by atoms with E-state index in [1.54, 1.807) is 0 Å². The molecule has 0 spiro atoms. The SMILES string of the molecule is Nc1cc(Br)cc2[nH]c(-c3ccc(Br)o3)nc12. The van der Waals surface area contributed by atoms with Crippen LogP contribution in [0.1, 0.15) is 0 Å². The second-order valence-electron chi connectivity index (χ2n) is 3.58. The quantitative estimate of drug-likeness (QED) is 0.649. The lowest BCUT2D eigenvalue weighted by Crippen LogP contribution is -1.86. The molecular weight excluding hydrogens is 350 g/mol. The van der Waals surface area contributed by atoms with Crippen molar-refractivity contribution in [2.24, 2.45) is 0 Å². The second kappa shape index (κ2) is 3.89. The minimum atomic E-state index is 0.627. The molecule has 0 aliphatic heterocycles. The van der Waals surface area contributed by atoms with Crippen LogP contribution in [0.2, 0.25) is 0 Å². The van der Waals surface area contributed by atoms with Crippen molar-refractivity contribution in [3.8, 4) is 11.6 Å². The number of hydrogen-bond donors (Lipinski definition) is 2. The third kappa shape index (κ3) is 1.87. The normalized spacial score (nSPS) is 11.2. The lowest BCUT2D eigenvalue weighted by atomic mass is 10.3. The van der Waals surface area contributed by atoms with Crippen molar-refractivity contribution < 1.29 is 4.42 Å². The molecule has 0 aliphatic rings. The second-order valence-corrected chi connectivity index (χ2v) is 5.28. The van der Waals surface area contributed by atoms with E-state index in [0.29, 0.717) is 21.9 Å². The number of benzene rings is 1. The molecule has 0 bridgehead atoms. The number of anilines is 1. The smallest absolute Gasteiger partial charge is 0.174 e. The first-order valence-electron chi connectivity index (χ1n) is 4.84. The van der Waals surface area contributed by atoms with Gasteiger partial charge in [0.15, 0.2) is 16.3 Å². The fourth-order valence-electron chi connectivity index (χ4n) is 1.67. The van der Waals surface area contributed by atoms with Gasteiger partial charge in [0.1, 0.15) is 5.52 Å². The van der Waals surface area contributed by atoms with Crippen molar-refractivity contribution in [1.82, 2.24) is 9.97 Å². The fraction of sp³-hybridized carbons (Fsp3) is 0. The minimum absolute atomic E-state index is 0.627. The van der Waals surface area contributed by atoms with Gasteiger partial charge in [0, 0.05) is 4.47 Å². The highest BCUT2D eigenvalue weighted by molar-refractivity contribution is 9.10. The van der Waals surface area contributed by atoms with Crippen LogP contribution in [-0.2, 0) is 0 Å². The number of nitrogens with zero attached hydrogens (tertiary/aromatic N) is 1. The van der Waals surface area contributed by atoms with Gasteiger partial charge in [-0.15, -0.1) is 0 Å². The molecule has 3 N–H and O–H groups in total. The summed E-state index contributed by atoms with van der Waals surface area (Å²) in [4.78, 5) is 7.59. The van der Waals surface area contributed by atoms with Gasteiger partial charge < -0.3 is 15.1 Å². The first-order chi connectivity index (χ1) is 8.13. The monoisotopic (exact) mass is 355 g/mol. The molecule has 0 atom stereocenters. The maximum absolute atomic E-state index is 5.90. The van der Waals surface area contributed by atoms with Crippen LogP contribution in [0.3, 0.4) is 0 Å². The van der Waals surface area contributed by atoms with Crippen LogP contribution in [0.25, 0.3) is 22.6 Å². The highest BCUT2D eigenvalue weighted by atomic mass is 79.9. The van der Waals surface area contributed by atoms with E-state index >= 15 is 0 Å². The van der Waals surface area contributed by atoms with Crippen LogP contribution in [0.4, 0.5) is 5.69 Å². The average Bonchev–Trinajstić information content (AvgIpc) is 2.83. The molecule has 0 unspecified atom stereocenters. The maximum atomic E-state index is 5.90. The van der Waals surface area contributed by atoms with E-state index in [9.17, 15) is 0 Å². The number of H-pyrrole nitrogens is 1. The third-order valence-corrected chi connectivity index (χ3v) is 3.27. The van der Waals surface area contributed by atoms with Crippen LogP contribution in [-0.4, -0.2) is 9.97 Å². The van der Waals surface area contributed by atoms with E-state index in [1.807, 2.05) is 24.3 Å². The molecule has 4 nitrogen and oxygen atoms in total. The summed E-state index contributed by atoms with van der Waals surface area (Å²) in [5.41, 5.74) is 8.15. The number of nitrogens with two attached hydrogens (primary N) is 1. The topological polar surface area (TPSA) is 67.8 Å². The van der Waals surface area contributed by atoms with Crippen molar-refractivity contribution in [1.29, 1.82) is 0 Å². The molecule has 0 amide bonds. The first kappa shape index (κ1) is 10.9. The average molecular weight is 357 g/mol. The van der Waals surface area contributed by atoms with E-state index in [0.717, 1.165) is 15.5 Å². The zero-order chi connectivity index (χ0) is 12.0. The number of hydrogen-bond acceptors (Lipinski definition) is 3. The molecule has 3 aromatic rings. The molecular formula is C11H7Br2N3O. The minimum Gasteiger partial charge on any atom is -0.446 e. The Kier molecular flexibility index (Phi) is 2.48. The Morgan fingerprint density at radius 3 is 2.76 bits per heavy atom. The molecule has 0 saturated carbocycles. The number of furan rings is 1. The van der Waals surface area contributed by atoms with Crippen molar-refractivity contribution in [3.63, 3.8) is 0 Å². The summed E-state index contributed by atoms with van der Waals surface area (Å²) >= 11 is 6.65. The lowest BCUT2D eigenvalue weighted by molar-refractivity contribution is 0.552. The number of aromatic nitrogens is 2. The Bertz CT molecular complexity index is 702. The highest BCUT2D eigenvalue weighted by Crippen LogP contribution is 2.29. The zero-order valence-electron chi connectivity index (χ0n) is 8.50. The molecule has 1 aromatic carbocycles. The summed E-state index contributed by atoms with van der Waals surface area (Å²) in [6, 6.07) is 7.42. The summed E-state index contributed by atoms with van der Waals surface area (Å²) in [6.45, 7) is 0. The van der Waals surface area contributed by atoms with Crippen molar-refractivity contribution in [2.45, 2.75) is 0 Å². The molecule has 0 radical (unpaired) electrons. The van der Waals surface area contributed by atoms with Gasteiger partial charge in [-0.05, 0) is 40.2 Å². The Morgan fingerprint density at radius 2 is 2.06 bits per heavy atom. The first-order valence-corrected chi connectivity index (χ1v) is 6.42. The van der Waals surface area contributed by atoms with Gasteiger partial charge >= 0.3 is 0 Å². The molecule has 86 valence electrons. The lowest BCUT2D eigenvalue weighted by Gasteiger charge is -1.94. The van der Waals surface area contributed by atoms with Gasteiger partial charge in [0.2, 0.25) is 0 Å². The highest BCUT2D eigenvalue weighted by Gasteiger charge is 2.11. The van der Waals surface area contributed by atoms with Gasteiger partial charge in [-0.2, -0.15) is 0 Å². The predicted octanol–water partition coefficient (Wildman–Crippen LogP) is 3.93. The number of imidazole rings is 1. The van der Waals surface area contributed by atoms with E-state index in [-0.39, 0.29) is 0 Å².